The zero-order valence-electron chi connectivity index (χ0n) is 14.4. The van der Waals surface area contributed by atoms with Crippen molar-refractivity contribution in [3.8, 4) is 0 Å². The molecule has 1 aliphatic carbocycles. The van der Waals surface area contributed by atoms with Crippen LogP contribution in [0.1, 0.15) is 25.8 Å². The van der Waals surface area contributed by atoms with Crippen molar-refractivity contribution in [3.63, 3.8) is 0 Å². The molecule has 25 heavy (non-hydrogen) atoms. The minimum atomic E-state index is -0.317. The highest BCUT2D eigenvalue weighted by Crippen LogP contribution is 2.37. The van der Waals surface area contributed by atoms with Crippen LogP contribution >= 0.6 is 11.8 Å². The molecule has 5 heteroatoms. The van der Waals surface area contributed by atoms with Gasteiger partial charge in [0.1, 0.15) is 10.6 Å². The number of nitrogens with zero attached hydrogens (tertiary/aromatic N) is 2. The molecule has 0 bridgehead atoms. The average molecular weight is 352 g/mol. The Morgan fingerprint density at radius 2 is 2.12 bits per heavy atom. The Labute approximate surface area is 150 Å². The lowest BCUT2D eigenvalue weighted by Crippen LogP contribution is -2.21. The highest BCUT2D eigenvalue weighted by Gasteiger charge is 2.27. The Kier molecular flexibility index (Phi) is 4.25. The molecule has 2 aliphatic rings. The second kappa shape index (κ2) is 6.56. The van der Waals surface area contributed by atoms with Gasteiger partial charge in [-0.15, -0.1) is 0 Å². The lowest BCUT2D eigenvalue weighted by molar-refractivity contribution is 0.559. The smallest absolute Gasteiger partial charge is 0.346 e. The average Bonchev–Trinajstić information content (AvgIpc) is 3.06. The number of rotatable bonds is 4. The molecule has 2 heterocycles. The van der Waals surface area contributed by atoms with Crippen LogP contribution in [-0.4, -0.2) is 23.4 Å². The fourth-order valence-corrected chi connectivity index (χ4v) is 4.41. The SMILES string of the molecule is CCN(CC)c1ccc2cc(C3=NC4=CC=CCC4S3)c(=O)oc2c1. The van der Waals surface area contributed by atoms with Gasteiger partial charge in [0.2, 0.25) is 0 Å². The van der Waals surface area contributed by atoms with E-state index in [1.807, 2.05) is 30.4 Å². The number of benzene rings is 1. The fraction of sp³-hybridized carbons (Fsp3) is 0.300. The van der Waals surface area contributed by atoms with Gasteiger partial charge in [0, 0.05) is 30.2 Å². The molecular formula is C20H20N2O2S. The summed E-state index contributed by atoms with van der Waals surface area (Å²) in [7, 11) is 0. The molecule has 0 fully saturated rings. The number of allylic oxidation sites excluding steroid dienone is 3. The molecule has 4 nitrogen and oxygen atoms in total. The van der Waals surface area contributed by atoms with E-state index in [0.29, 0.717) is 16.4 Å². The van der Waals surface area contributed by atoms with Crippen molar-refractivity contribution in [2.45, 2.75) is 25.5 Å². The van der Waals surface area contributed by atoms with Crippen LogP contribution in [0.15, 0.2) is 62.4 Å². The van der Waals surface area contributed by atoms with Gasteiger partial charge in [0.25, 0.3) is 0 Å². The van der Waals surface area contributed by atoms with Crippen LogP contribution in [0.4, 0.5) is 5.69 Å². The Morgan fingerprint density at radius 1 is 1.28 bits per heavy atom. The van der Waals surface area contributed by atoms with Gasteiger partial charge in [0.05, 0.1) is 16.5 Å². The van der Waals surface area contributed by atoms with E-state index in [0.717, 1.165) is 41.3 Å². The van der Waals surface area contributed by atoms with Crippen molar-refractivity contribution in [2.24, 2.45) is 4.99 Å². The van der Waals surface area contributed by atoms with Crippen molar-refractivity contribution in [1.29, 1.82) is 0 Å². The van der Waals surface area contributed by atoms with E-state index >= 15 is 0 Å². The van der Waals surface area contributed by atoms with Gasteiger partial charge >= 0.3 is 5.63 Å². The quantitative estimate of drug-likeness (QED) is 0.768. The molecule has 4 rings (SSSR count). The van der Waals surface area contributed by atoms with E-state index in [9.17, 15) is 4.79 Å². The monoisotopic (exact) mass is 352 g/mol. The fourth-order valence-electron chi connectivity index (χ4n) is 3.25. The molecule has 0 spiro atoms. The molecule has 0 saturated heterocycles. The minimum absolute atomic E-state index is 0.317. The van der Waals surface area contributed by atoms with Gasteiger partial charge in [-0.3, -0.25) is 0 Å². The van der Waals surface area contributed by atoms with Crippen molar-refractivity contribution >= 4 is 33.5 Å². The molecule has 0 radical (unpaired) electrons. The summed E-state index contributed by atoms with van der Waals surface area (Å²) >= 11 is 1.65. The van der Waals surface area contributed by atoms with E-state index in [4.69, 9.17) is 4.42 Å². The lowest BCUT2D eigenvalue weighted by atomic mass is 10.1. The summed E-state index contributed by atoms with van der Waals surface area (Å²) in [6.07, 6.45) is 7.14. The molecular weight excluding hydrogens is 332 g/mol. The van der Waals surface area contributed by atoms with E-state index in [1.165, 1.54) is 0 Å². The molecule has 0 N–H and O–H groups in total. The van der Waals surface area contributed by atoms with Gasteiger partial charge < -0.3 is 9.32 Å². The molecule has 0 saturated carbocycles. The van der Waals surface area contributed by atoms with Crippen LogP contribution in [-0.2, 0) is 0 Å². The third kappa shape index (κ3) is 2.93. The second-order valence-electron chi connectivity index (χ2n) is 6.12. The third-order valence-electron chi connectivity index (χ3n) is 4.65. The first-order chi connectivity index (χ1) is 12.2. The molecule has 1 atom stereocenters. The Morgan fingerprint density at radius 3 is 2.88 bits per heavy atom. The van der Waals surface area contributed by atoms with Crippen LogP contribution in [0, 0.1) is 0 Å². The maximum atomic E-state index is 12.5. The van der Waals surface area contributed by atoms with E-state index in [2.05, 4.69) is 35.9 Å². The zero-order valence-corrected chi connectivity index (χ0v) is 15.2. The highest BCUT2D eigenvalue weighted by atomic mass is 32.2. The standard InChI is InChI=1S/C20H20N2O2S/c1-3-22(4-2)14-10-9-13-11-15(20(23)24-17(13)12-14)19-21-16-7-5-6-8-18(16)25-19/h5-7,9-12,18H,3-4,8H2,1-2H3. The highest BCUT2D eigenvalue weighted by molar-refractivity contribution is 8.15. The molecule has 0 amide bonds. The summed E-state index contributed by atoms with van der Waals surface area (Å²) in [5, 5.41) is 2.01. The first-order valence-electron chi connectivity index (χ1n) is 8.65. The largest absolute Gasteiger partial charge is 0.422 e. The number of fused-ring (bicyclic) bond motifs is 2. The van der Waals surface area contributed by atoms with Crippen LogP contribution in [0.2, 0.25) is 0 Å². The van der Waals surface area contributed by atoms with Crippen molar-refractivity contribution in [3.05, 3.63) is 64.2 Å². The van der Waals surface area contributed by atoms with Crippen molar-refractivity contribution in [1.82, 2.24) is 0 Å². The van der Waals surface area contributed by atoms with Crippen molar-refractivity contribution in [2.75, 3.05) is 18.0 Å². The molecule has 1 unspecified atom stereocenters. The summed E-state index contributed by atoms with van der Waals surface area (Å²) in [6.45, 7) is 6.07. The second-order valence-corrected chi connectivity index (χ2v) is 7.31. The molecule has 128 valence electrons. The number of hydrogen-bond donors (Lipinski definition) is 0. The summed E-state index contributed by atoms with van der Waals surface area (Å²) < 4.78 is 5.63. The first-order valence-corrected chi connectivity index (χ1v) is 9.53. The molecule has 1 aromatic carbocycles. The van der Waals surface area contributed by atoms with Gasteiger partial charge in [-0.1, -0.05) is 23.9 Å². The number of anilines is 1. The Bertz CT molecular complexity index is 967. The van der Waals surface area contributed by atoms with Crippen molar-refractivity contribution < 1.29 is 4.42 Å². The number of hydrogen-bond acceptors (Lipinski definition) is 5. The van der Waals surface area contributed by atoms with E-state index < -0.39 is 0 Å². The van der Waals surface area contributed by atoms with Gasteiger partial charge in [0.15, 0.2) is 0 Å². The summed E-state index contributed by atoms with van der Waals surface area (Å²) in [6, 6.07) is 7.95. The minimum Gasteiger partial charge on any atom is -0.422 e. The predicted molar refractivity (Wildman–Crippen MR) is 106 cm³/mol. The maximum absolute atomic E-state index is 12.5. The van der Waals surface area contributed by atoms with Gasteiger partial charge in [-0.2, -0.15) is 0 Å². The van der Waals surface area contributed by atoms with Gasteiger partial charge in [-0.25, -0.2) is 9.79 Å². The zero-order chi connectivity index (χ0) is 17.4. The number of thioether (sulfide) groups is 1. The molecule has 1 aliphatic heterocycles. The maximum Gasteiger partial charge on any atom is 0.346 e. The summed E-state index contributed by atoms with van der Waals surface area (Å²) in [5.41, 5.74) is 2.98. The topological polar surface area (TPSA) is 45.8 Å². The van der Waals surface area contributed by atoms with Crippen LogP contribution < -0.4 is 10.5 Å². The normalized spacial score (nSPS) is 18.9. The third-order valence-corrected chi connectivity index (χ3v) is 5.90. The van der Waals surface area contributed by atoms with Crippen LogP contribution in [0.5, 0.6) is 0 Å². The van der Waals surface area contributed by atoms with E-state index in [1.54, 1.807) is 11.8 Å². The van der Waals surface area contributed by atoms with Crippen LogP contribution in [0.25, 0.3) is 11.0 Å². The Balaban J connectivity index is 1.75. The molecule has 2 aromatic rings. The summed E-state index contributed by atoms with van der Waals surface area (Å²) in [5.74, 6) is 0. The van der Waals surface area contributed by atoms with Gasteiger partial charge in [-0.05, 0) is 44.5 Å². The predicted octanol–water partition coefficient (Wildman–Crippen LogP) is 4.35. The lowest BCUT2D eigenvalue weighted by Gasteiger charge is -2.21. The van der Waals surface area contributed by atoms with E-state index in [-0.39, 0.29) is 5.63 Å². The molecule has 1 aromatic heterocycles. The first kappa shape index (κ1) is 16.2. The summed E-state index contributed by atoms with van der Waals surface area (Å²) in [4.78, 5) is 19.4. The Hall–Kier alpha value is -2.27. The number of aliphatic imine (C=N–C) groups is 1. The van der Waals surface area contributed by atoms with Crippen LogP contribution in [0.3, 0.4) is 0 Å².